The van der Waals surface area contributed by atoms with Gasteiger partial charge in [-0.1, -0.05) is 23.9 Å². The fourth-order valence-corrected chi connectivity index (χ4v) is 3.83. The molecule has 3 N–H and O–H groups in total. The number of hydrogen-bond donors (Lipinski definition) is 2. The zero-order valence-electron chi connectivity index (χ0n) is 14.2. The van der Waals surface area contributed by atoms with Gasteiger partial charge in [-0.2, -0.15) is 0 Å². The number of para-hydroxylation sites is 2. The van der Waals surface area contributed by atoms with Gasteiger partial charge in [0.1, 0.15) is 0 Å². The lowest BCUT2D eigenvalue weighted by molar-refractivity contribution is -0.113. The van der Waals surface area contributed by atoms with E-state index in [2.05, 4.69) is 10.3 Å². The number of amides is 1. The monoisotopic (exact) mass is 404 g/mol. The average Bonchev–Trinajstić information content (AvgIpc) is 2.98. The first kappa shape index (κ1) is 19.1. The van der Waals surface area contributed by atoms with Crippen molar-refractivity contribution in [3.8, 4) is 0 Å². The number of primary sulfonamides is 1. The van der Waals surface area contributed by atoms with Crippen LogP contribution in [0.5, 0.6) is 0 Å². The van der Waals surface area contributed by atoms with Gasteiger partial charge >= 0.3 is 0 Å². The van der Waals surface area contributed by atoms with Crippen LogP contribution in [-0.2, 0) is 14.8 Å². The molecule has 0 aliphatic rings. The van der Waals surface area contributed by atoms with E-state index in [0.717, 1.165) is 11.8 Å². The van der Waals surface area contributed by atoms with Crippen molar-refractivity contribution in [1.82, 2.24) is 9.55 Å². The van der Waals surface area contributed by atoms with Crippen LogP contribution in [0.2, 0.25) is 0 Å². The van der Waals surface area contributed by atoms with E-state index in [-0.39, 0.29) is 22.5 Å². The number of carbonyl (C=O) groups excluding carboxylic acids is 2. The van der Waals surface area contributed by atoms with Crippen LogP contribution in [0.25, 0.3) is 11.0 Å². The molecule has 0 radical (unpaired) electrons. The Balaban J connectivity index is 1.70. The summed E-state index contributed by atoms with van der Waals surface area (Å²) in [6.45, 7) is 1.44. The molecular weight excluding hydrogens is 388 g/mol. The molecule has 0 fully saturated rings. The highest BCUT2D eigenvalue weighted by Gasteiger charge is 2.15. The predicted molar refractivity (Wildman–Crippen MR) is 103 cm³/mol. The highest BCUT2D eigenvalue weighted by Crippen LogP contribution is 2.24. The number of nitrogens with zero attached hydrogens (tertiary/aromatic N) is 2. The summed E-state index contributed by atoms with van der Waals surface area (Å²) in [5.41, 5.74) is 1.80. The van der Waals surface area contributed by atoms with Gasteiger partial charge in [0.05, 0.1) is 21.7 Å². The average molecular weight is 404 g/mol. The van der Waals surface area contributed by atoms with Crippen LogP contribution in [0.3, 0.4) is 0 Å². The number of anilines is 1. The van der Waals surface area contributed by atoms with Crippen molar-refractivity contribution in [3.05, 3.63) is 48.5 Å². The van der Waals surface area contributed by atoms with E-state index in [9.17, 15) is 18.0 Å². The van der Waals surface area contributed by atoms with Gasteiger partial charge < -0.3 is 5.32 Å². The third kappa shape index (κ3) is 4.35. The van der Waals surface area contributed by atoms with Crippen LogP contribution in [0.1, 0.15) is 11.7 Å². The molecule has 0 aliphatic carbocycles. The largest absolute Gasteiger partial charge is 0.325 e. The summed E-state index contributed by atoms with van der Waals surface area (Å²) >= 11 is 1.14. The Morgan fingerprint density at radius 1 is 1.15 bits per heavy atom. The van der Waals surface area contributed by atoms with E-state index in [4.69, 9.17) is 5.14 Å². The number of aromatic nitrogens is 2. The SMILES string of the molecule is CC(=O)n1c(SCC(=O)Nc2ccc(S(N)(=O)=O)cc2)nc2ccccc21. The molecule has 0 atom stereocenters. The Morgan fingerprint density at radius 3 is 2.44 bits per heavy atom. The Hall–Kier alpha value is -2.69. The van der Waals surface area contributed by atoms with E-state index in [1.54, 1.807) is 12.1 Å². The second kappa shape index (κ2) is 7.51. The van der Waals surface area contributed by atoms with Crippen molar-refractivity contribution in [2.24, 2.45) is 5.14 Å². The third-order valence-electron chi connectivity index (χ3n) is 3.64. The molecule has 0 bridgehead atoms. The summed E-state index contributed by atoms with van der Waals surface area (Å²) in [6.07, 6.45) is 0. The molecule has 0 spiro atoms. The lowest BCUT2D eigenvalue weighted by Gasteiger charge is -2.07. The first-order chi connectivity index (χ1) is 12.8. The topological polar surface area (TPSA) is 124 Å². The maximum atomic E-state index is 12.2. The van der Waals surface area contributed by atoms with Gasteiger partial charge in [-0.25, -0.2) is 18.5 Å². The van der Waals surface area contributed by atoms with Gasteiger partial charge in [-0.05, 0) is 36.4 Å². The minimum absolute atomic E-state index is 0.0353. The highest BCUT2D eigenvalue weighted by atomic mass is 32.2. The molecule has 0 aliphatic heterocycles. The number of nitrogens with one attached hydrogen (secondary N) is 1. The van der Waals surface area contributed by atoms with Gasteiger partial charge in [0.25, 0.3) is 0 Å². The summed E-state index contributed by atoms with van der Waals surface area (Å²) < 4.78 is 23.9. The number of hydrogen-bond acceptors (Lipinski definition) is 6. The number of imidazole rings is 1. The Bertz CT molecular complexity index is 1120. The molecule has 3 aromatic rings. The predicted octanol–water partition coefficient (Wildman–Crippen LogP) is 2.07. The Labute approximate surface area is 159 Å². The third-order valence-corrected chi connectivity index (χ3v) is 5.51. The summed E-state index contributed by atoms with van der Waals surface area (Å²) in [7, 11) is -3.78. The minimum Gasteiger partial charge on any atom is -0.325 e. The molecule has 2 aromatic carbocycles. The normalized spacial score (nSPS) is 11.5. The van der Waals surface area contributed by atoms with Crippen LogP contribution in [0, 0.1) is 0 Å². The van der Waals surface area contributed by atoms with Crippen molar-refractivity contribution >= 4 is 50.3 Å². The summed E-state index contributed by atoms with van der Waals surface area (Å²) in [4.78, 5) is 28.5. The molecule has 0 saturated carbocycles. The van der Waals surface area contributed by atoms with Crippen LogP contribution in [0.4, 0.5) is 5.69 Å². The summed E-state index contributed by atoms with van der Waals surface area (Å²) in [6, 6.07) is 12.8. The molecule has 1 amide bonds. The fourth-order valence-electron chi connectivity index (χ4n) is 2.46. The first-order valence-corrected chi connectivity index (χ1v) is 10.3. The second-order valence-electron chi connectivity index (χ2n) is 5.64. The summed E-state index contributed by atoms with van der Waals surface area (Å²) in [5.74, 6) is -0.469. The van der Waals surface area contributed by atoms with Crippen LogP contribution in [0.15, 0.2) is 58.6 Å². The van der Waals surface area contributed by atoms with E-state index in [0.29, 0.717) is 21.9 Å². The van der Waals surface area contributed by atoms with Crippen molar-refractivity contribution < 1.29 is 18.0 Å². The van der Waals surface area contributed by atoms with Gasteiger partial charge in [0.2, 0.25) is 21.8 Å². The van der Waals surface area contributed by atoms with Crippen LogP contribution < -0.4 is 10.5 Å². The van der Waals surface area contributed by atoms with Crippen LogP contribution >= 0.6 is 11.8 Å². The number of nitrogens with two attached hydrogens (primary N) is 1. The van der Waals surface area contributed by atoms with Crippen molar-refractivity contribution in [3.63, 3.8) is 0 Å². The lowest BCUT2D eigenvalue weighted by Crippen LogP contribution is -2.16. The molecule has 0 saturated heterocycles. The molecule has 1 aromatic heterocycles. The van der Waals surface area contributed by atoms with Gasteiger partial charge in [-0.15, -0.1) is 0 Å². The maximum absolute atomic E-state index is 12.2. The number of rotatable bonds is 5. The molecule has 10 heteroatoms. The van der Waals surface area contributed by atoms with E-state index >= 15 is 0 Å². The second-order valence-corrected chi connectivity index (χ2v) is 8.15. The minimum atomic E-state index is -3.78. The highest BCUT2D eigenvalue weighted by molar-refractivity contribution is 7.99. The molecule has 8 nitrogen and oxygen atoms in total. The lowest BCUT2D eigenvalue weighted by atomic mass is 10.3. The number of fused-ring (bicyclic) bond motifs is 1. The van der Waals surface area contributed by atoms with Crippen molar-refractivity contribution in [1.29, 1.82) is 0 Å². The quantitative estimate of drug-likeness (QED) is 0.627. The zero-order valence-corrected chi connectivity index (χ0v) is 15.9. The molecule has 3 rings (SSSR count). The fraction of sp³-hybridized carbons (Fsp3) is 0.118. The van der Waals surface area contributed by atoms with Gasteiger partial charge in [-0.3, -0.25) is 14.2 Å². The molecule has 140 valence electrons. The van der Waals surface area contributed by atoms with Gasteiger partial charge in [0.15, 0.2) is 5.16 Å². The Kier molecular flexibility index (Phi) is 5.31. The smallest absolute Gasteiger partial charge is 0.238 e. The molecule has 0 unspecified atom stereocenters. The van der Waals surface area contributed by atoms with Crippen LogP contribution in [-0.4, -0.2) is 35.5 Å². The molecule has 1 heterocycles. The summed E-state index contributed by atoms with van der Waals surface area (Å²) in [5, 5.41) is 8.13. The number of sulfonamides is 1. The van der Waals surface area contributed by atoms with E-state index in [1.807, 2.05) is 12.1 Å². The number of thioether (sulfide) groups is 1. The van der Waals surface area contributed by atoms with Crippen molar-refractivity contribution in [2.75, 3.05) is 11.1 Å². The van der Waals surface area contributed by atoms with E-state index < -0.39 is 10.0 Å². The zero-order chi connectivity index (χ0) is 19.6. The molecular formula is C17H16N4O4S2. The van der Waals surface area contributed by atoms with E-state index in [1.165, 1.54) is 35.8 Å². The van der Waals surface area contributed by atoms with Gasteiger partial charge in [0, 0.05) is 12.6 Å². The molecule has 27 heavy (non-hydrogen) atoms. The van der Waals surface area contributed by atoms with Crippen molar-refractivity contribution in [2.45, 2.75) is 17.0 Å². The number of carbonyl (C=O) groups is 2. The first-order valence-electron chi connectivity index (χ1n) is 7.79. The Morgan fingerprint density at radius 2 is 1.81 bits per heavy atom. The maximum Gasteiger partial charge on any atom is 0.238 e. The standard InChI is InChI=1S/C17H16N4O4S2/c1-11(22)21-15-5-3-2-4-14(15)20-17(21)26-10-16(23)19-12-6-8-13(9-7-12)27(18,24)25/h2-9H,10H2,1H3,(H,19,23)(H2,18,24,25). The number of benzene rings is 2.